The second-order valence-electron chi connectivity index (χ2n) is 8.94. The van der Waals surface area contributed by atoms with Crippen LogP contribution < -0.4 is 15.8 Å². The molecule has 0 radical (unpaired) electrons. The summed E-state index contributed by atoms with van der Waals surface area (Å²) < 4.78 is 11.2. The molecule has 0 bridgehead atoms. The van der Waals surface area contributed by atoms with E-state index < -0.39 is 12.2 Å². The highest BCUT2D eigenvalue weighted by Crippen LogP contribution is 2.29. The quantitative estimate of drug-likeness (QED) is 0.192. The van der Waals surface area contributed by atoms with Crippen LogP contribution in [0.2, 0.25) is 0 Å². The van der Waals surface area contributed by atoms with E-state index in [4.69, 9.17) is 25.4 Å². The van der Waals surface area contributed by atoms with Crippen molar-refractivity contribution >= 4 is 0 Å². The lowest BCUT2D eigenvalue weighted by Gasteiger charge is -2.15. The minimum atomic E-state index is -0.795. The zero-order valence-electron chi connectivity index (χ0n) is 20.2. The minimum Gasteiger partial charge on any atom is -0.504 e. The highest BCUT2D eigenvalue weighted by atomic mass is 16.5. The number of ether oxygens (including phenoxy) is 2. The zero-order valence-corrected chi connectivity index (χ0v) is 20.2. The van der Waals surface area contributed by atoms with Gasteiger partial charge in [-0.2, -0.15) is 0 Å². The SMILES string of the molecule is CC(C)NCC(O)COc1ccc(CCOCC2CC2)cc1.NC[C@H](O)c1ccc(O)c(O)c1. The Balaban J connectivity index is 0.000000287. The average molecular weight is 477 g/mol. The van der Waals surface area contributed by atoms with Gasteiger partial charge in [-0.25, -0.2) is 0 Å². The topological polar surface area (TPSA) is 137 Å². The van der Waals surface area contributed by atoms with Gasteiger partial charge in [0, 0.05) is 25.7 Å². The Morgan fingerprint density at radius 3 is 2.32 bits per heavy atom. The molecule has 0 saturated heterocycles. The first-order valence-corrected chi connectivity index (χ1v) is 11.9. The van der Waals surface area contributed by atoms with Crippen molar-refractivity contribution in [3.8, 4) is 17.2 Å². The van der Waals surface area contributed by atoms with E-state index in [2.05, 4.69) is 31.3 Å². The molecule has 34 heavy (non-hydrogen) atoms. The van der Waals surface area contributed by atoms with Crippen LogP contribution in [0.3, 0.4) is 0 Å². The van der Waals surface area contributed by atoms with Crippen molar-refractivity contribution in [3.63, 3.8) is 0 Å². The molecule has 1 aliphatic rings. The molecule has 190 valence electrons. The van der Waals surface area contributed by atoms with Crippen molar-refractivity contribution in [2.45, 2.75) is 51.4 Å². The maximum atomic E-state index is 9.80. The van der Waals surface area contributed by atoms with Crippen molar-refractivity contribution in [2.75, 3.05) is 32.9 Å². The molecule has 3 rings (SSSR count). The molecule has 2 aromatic rings. The van der Waals surface area contributed by atoms with Gasteiger partial charge in [0.05, 0.1) is 12.7 Å². The predicted molar refractivity (Wildman–Crippen MR) is 132 cm³/mol. The second kappa shape index (κ2) is 14.8. The van der Waals surface area contributed by atoms with Crippen molar-refractivity contribution < 1.29 is 29.9 Å². The van der Waals surface area contributed by atoms with Crippen molar-refractivity contribution in [2.24, 2.45) is 11.7 Å². The molecule has 1 saturated carbocycles. The molecule has 0 spiro atoms. The van der Waals surface area contributed by atoms with Crippen LogP contribution in [-0.4, -0.2) is 65.5 Å². The number of phenols is 2. The van der Waals surface area contributed by atoms with E-state index in [1.807, 2.05) is 12.1 Å². The normalized spacial score (nSPS) is 14.9. The van der Waals surface area contributed by atoms with Gasteiger partial charge < -0.3 is 41.0 Å². The molecule has 0 amide bonds. The van der Waals surface area contributed by atoms with Crippen LogP contribution in [0.1, 0.15) is 43.9 Å². The van der Waals surface area contributed by atoms with E-state index in [0.717, 1.165) is 31.3 Å². The summed E-state index contributed by atoms with van der Waals surface area (Å²) in [6.07, 6.45) is 2.33. The van der Waals surface area contributed by atoms with E-state index >= 15 is 0 Å². The van der Waals surface area contributed by atoms with Crippen molar-refractivity contribution in [1.82, 2.24) is 5.32 Å². The number of aliphatic hydroxyl groups is 2. The summed E-state index contributed by atoms with van der Waals surface area (Å²) in [5.41, 5.74) is 6.95. The van der Waals surface area contributed by atoms with E-state index in [1.54, 1.807) is 0 Å². The molecule has 0 aliphatic heterocycles. The highest BCUT2D eigenvalue weighted by Gasteiger charge is 2.20. The number of nitrogens with two attached hydrogens (primary N) is 1. The molecule has 1 unspecified atom stereocenters. The molecule has 2 atom stereocenters. The van der Waals surface area contributed by atoms with Crippen LogP contribution in [0.25, 0.3) is 0 Å². The summed E-state index contributed by atoms with van der Waals surface area (Å²) in [7, 11) is 0. The molecule has 1 aliphatic carbocycles. The summed E-state index contributed by atoms with van der Waals surface area (Å²) in [5, 5.41) is 40.2. The van der Waals surface area contributed by atoms with Crippen LogP contribution in [0.4, 0.5) is 0 Å². The smallest absolute Gasteiger partial charge is 0.157 e. The molecular weight excluding hydrogens is 436 g/mol. The Morgan fingerprint density at radius 1 is 1.03 bits per heavy atom. The van der Waals surface area contributed by atoms with Gasteiger partial charge in [-0.05, 0) is 60.6 Å². The Kier molecular flexibility index (Phi) is 12.1. The van der Waals surface area contributed by atoms with Crippen molar-refractivity contribution in [1.29, 1.82) is 0 Å². The number of benzene rings is 2. The molecule has 8 nitrogen and oxygen atoms in total. The summed E-state index contributed by atoms with van der Waals surface area (Å²) in [5.74, 6) is 1.17. The van der Waals surface area contributed by atoms with Crippen LogP contribution in [0.5, 0.6) is 17.2 Å². The third-order valence-corrected chi connectivity index (χ3v) is 5.32. The van der Waals surface area contributed by atoms with Gasteiger partial charge >= 0.3 is 0 Å². The van der Waals surface area contributed by atoms with E-state index in [0.29, 0.717) is 24.8 Å². The number of aliphatic hydroxyl groups excluding tert-OH is 2. The van der Waals surface area contributed by atoms with Gasteiger partial charge in [0.15, 0.2) is 11.5 Å². The maximum absolute atomic E-state index is 9.80. The van der Waals surface area contributed by atoms with Crippen LogP contribution >= 0.6 is 0 Å². The summed E-state index contributed by atoms with van der Waals surface area (Å²) >= 11 is 0. The first kappa shape index (κ1) is 27.9. The van der Waals surface area contributed by atoms with Crippen LogP contribution in [0, 0.1) is 5.92 Å². The number of phenolic OH excluding ortho intramolecular Hbond substituents is 2. The minimum absolute atomic E-state index is 0.0875. The second-order valence-corrected chi connectivity index (χ2v) is 8.94. The molecule has 8 heteroatoms. The lowest BCUT2D eigenvalue weighted by atomic mass is 10.1. The molecule has 1 fully saturated rings. The lowest BCUT2D eigenvalue weighted by Crippen LogP contribution is -2.35. The fourth-order valence-corrected chi connectivity index (χ4v) is 2.98. The lowest BCUT2D eigenvalue weighted by molar-refractivity contribution is 0.104. The Labute approximate surface area is 202 Å². The number of nitrogens with one attached hydrogen (secondary N) is 1. The summed E-state index contributed by atoms with van der Waals surface area (Å²) in [6, 6.07) is 12.5. The zero-order chi connectivity index (χ0) is 24.9. The van der Waals surface area contributed by atoms with Crippen LogP contribution in [-0.2, 0) is 11.2 Å². The van der Waals surface area contributed by atoms with E-state index in [9.17, 15) is 10.2 Å². The first-order valence-electron chi connectivity index (χ1n) is 11.9. The molecule has 2 aromatic carbocycles. The summed E-state index contributed by atoms with van der Waals surface area (Å²) in [6.45, 7) is 6.77. The molecular formula is C26H40N2O6. The van der Waals surface area contributed by atoms with Gasteiger partial charge in [-0.3, -0.25) is 0 Å². The first-order chi connectivity index (χ1) is 16.3. The highest BCUT2D eigenvalue weighted by molar-refractivity contribution is 5.41. The van der Waals surface area contributed by atoms with Crippen molar-refractivity contribution in [3.05, 3.63) is 53.6 Å². The molecule has 0 heterocycles. The summed E-state index contributed by atoms with van der Waals surface area (Å²) in [4.78, 5) is 0. The Morgan fingerprint density at radius 2 is 1.74 bits per heavy atom. The van der Waals surface area contributed by atoms with Gasteiger partial charge in [0.2, 0.25) is 0 Å². The fourth-order valence-electron chi connectivity index (χ4n) is 2.98. The predicted octanol–water partition coefficient (Wildman–Crippen LogP) is 2.48. The van der Waals surface area contributed by atoms with E-state index in [1.165, 1.54) is 36.6 Å². The largest absolute Gasteiger partial charge is 0.504 e. The number of hydrogen-bond donors (Lipinski definition) is 6. The van der Waals surface area contributed by atoms with Gasteiger partial charge in [-0.15, -0.1) is 0 Å². The monoisotopic (exact) mass is 476 g/mol. The third-order valence-electron chi connectivity index (χ3n) is 5.32. The van der Waals surface area contributed by atoms with Gasteiger partial charge in [-0.1, -0.05) is 32.0 Å². The molecule has 0 aromatic heterocycles. The fraction of sp³-hybridized carbons (Fsp3) is 0.538. The van der Waals surface area contributed by atoms with Gasteiger partial charge in [0.25, 0.3) is 0 Å². The number of aromatic hydroxyl groups is 2. The number of rotatable bonds is 13. The molecule has 7 N–H and O–H groups in total. The van der Waals surface area contributed by atoms with Gasteiger partial charge in [0.1, 0.15) is 18.5 Å². The van der Waals surface area contributed by atoms with E-state index in [-0.39, 0.29) is 18.0 Å². The Hall–Kier alpha value is -2.36. The standard InChI is InChI=1S/C18H29NO3.C8H11NO3/c1-14(2)19-11-17(20)13-22-18-7-5-15(6-8-18)9-10-21-12-16-3-4-16;9-4-8(12)5-1-2-6(10)7(11)3-5/h5-8,14,16-17,19-20H,3-4,9-13H2,1-2H3;1-3,8,10-12H,4,9H2/t;8-/m.0/s1. The maximum Gasteiger partial charge on any atom is 0.157 e. The number of hydrogen-bond acceptors (Lipinski definition) is 8. The average Bonchev–Trinajstić information content (AvgIpc) is 3.66. The Bertz CT molecular complexity index is 827. The third kappa shape index (κ3) is 11.2. The van der Waals surface area contributed by atoms with Crippen LogP contribution in [0.15, 0.2) is 42.5 Å².